The van der Waals surface area contributed by atoms with E-state index >= 15 is 26.3 Å². The van der Waals surface area contributed by atoms with Gasteiger partial charge < -0.3 is 33.7 Å². The molecule has 10 aliphatic rings. The molecule has 18 heteroatoms. The highest BCUT2D eigenvalue weighted by atomic mass is 19.4. The van der Waals surface area contributed by atoms with Gasteiger partial charge in [-0.15, -0.1) is 0 Å². The van der Waals surface area contributed by atoms with E-state index in [1.165, 1.54) is 13.8 Å². The molecule has 2 spiro atoms. The van der Waals surface area contributed by atoms with Crippen LogP contribution >= 0.6 is 0 Å². The van der Waals surface area contributed by atoms with Crippen molar-refractivity contribution in [3.63, 3.8) is 0 Å². The molecular formula is C36H51F6NO11. The van der Waals surface area contributed by atoms with Gasteiger partial charge in [0, 0.05) is 43.1 Å². The highest BCUT2D eigenvalue weighted by Gasteiger charge is 2.79. The third-order valence-electron chi connectivity index (χ3n) is 14.5. The summed E-state index contributed by atoms with van der Waals surface area (Å²) in [6.45, 7) is 7.68. The maximum atomic E-state index is 15.2. The van der Waals surface area contributed by atoms with E-state index in [1.807, 2.05) is 13.8 Å². The monoisotopic (exact) mass is 787 g/mol. The summed E-state index contributed by atoms with van der Waals surface area (Å²) < 4.78 is 126. The van der Waals surface area contributed by atoms with E-state index in [2.05, 4.69) is 5.32 Å². The van der Waals surface area contributed by atoms with Gasteiger partial charge in [-0.3, -0.25) is 4.79 Å². The summed E-state index contributed by atoms with van der Waals surface area (Å²) in [4.78, 5) is 36.4. The number of carbonyl (C=O) groups is 1. The van der Waals surface area contributed by atoms with Gasteiger partial charge in [-0.25, -0.2) is 19.6 Å². The van der Waals surface area contributed by atoms with Crippen molar-refractivity contribution in [2.24, 2.45) is 47.3 Å². The quantitative estimate of drug-likeness (QED) is 0.175. The second-order valence-corrected chi connectivity index (χ2v) is 17.5. The molecule has 10 rings (SSSR count). The van der Waals surface area contributed by atoms with E-state index in [4.69, 9.17) is 48.0 Å². The van der Waals surface area contributed by atoms with Crippen molar-refractivity contribution >= 4 is 5.91 Å². The van der Waals surface area contributed by atoms with Gasteiger partial charge in [-0.05, 0) is 76.0 Å². The van der Waals surface area contributed by atoms with Crippen LogP contribution in [0, 0.1) is 47.3 Å². The highest BCUT2D eigenvalue weighted by molar-refractivity contribution is 5.77. The van der Waals surface area contributed by atoms with Crippen molar-refractivity contribution in [3.8, 4) is 0 Å². The third kappa shape index (κ3) is 5.50. The van der Waals surface area contributed by atoms with Gasteiger partial charge in [-0.1, -0.05) is 27.7 Å². The maximum absolute atomic E-state index is 15.2. The number of carbonyl (C=O) groups excluding carboxylic acids is 1. The molecule has 0 aromatic carbocycles. The zero-order valence-electron chi connectivity index (χ0n) is 31.3. The van der Waals surface area contributed by atoms with Crippen LogP contribution in [0.1, 0.15) is 92.9 Å². The summed E-state index contributed by atoms with van der Waals surface area (Å²) in [6.07, 6.45) is -9.09. The van der Waals surface area contributed by atoms with Gasteiger partial charge in [-0.2, -0.15) is 26.3 Å². The second-order valence-electron chi connectivity index (χ2n) is 17.5. The third-order valence-corrected chi connectivity index (χ3v) is 14.5. The molecule has 1 amide bonds. The second kappa shape index (κ2) is 12.8. The van der Waals surface area contributed by atoms with E-state index in [1.54, 1.807) is 13.8 Å². The number of halogens is 6. The number of ether oxygens (including phenoxy) is 6. The Morgan fingerprint density at radius 3 is 1.52 bits per heavy atom. The van der Waals surface area contributed by atoms with Crippen LogP contribution in [0.15, 0.2) is 0 Å². The summed E-state index contributed by atoms with van der Waals surface area (Å²) in [5, 5.41) is 2.34. The summed E-state index contributed by atoms with van der Waals surface area (Å²) in [5.41, 5.74) is -2.59. The zero-order chi connectivity index (χ0) is 38.9. The molecule has 4 bridgehead atoms. The lowest BCUT2D eigenvalue weighted by molar-refractivity contribution is -0.598. The van der Waals surface area contributed by atoms with Crippen molar-refractivity contribution < 1.29 is 79.1 Å². The topological polar surface area (TPSA) is 121 Å². The van der Waals surface area contributed by atoms with Gasteiger partial charge >= 0.3 is 12.4 Å². The molecule has 2 aliphatic carbocycles. The Morgan fingerprint density at radius 2 is 1.07 bits per heavy atom. The van der Waals surface area contributed by atoms with Gasteiger partial charge in [0.2, 0.25) is 17.5 Å². The molecule has 8 aliphatic heterocycles. The number of fused-ring (bicyclic) bond motifs is 4. The summed E-state index contributed by atoms with van der Waals surface area (Å²) >= 11 is 0. The molecular weight excluding hydrogens is 736 g/mol. The first-order chi connectivity index (χ1) is 25.2. The Hall–Kier alpha value is -1.35. The van der Waals surface area contributed by atoms with Crippen molar-refractivity contribution in [1.29, 1.82) is 0 Å². The molecule has 10 fully saturated rings. The standard InChI is InChI=1S/C36H51F6NO11/c1-18-7-9-24-20(3)33(35(37,38)39,49-27-31(24)22(18)11-13-29(5,47-27)51-53-31)45-16-15-43-26(44)17-46-34(36(40,41)42)21(4)25-10-8-19(2)23-12-14-30(6)48-28(50-34)32(23,25)54-52-30/h18-25,27-28H,7-17H2,1-6H3,(H,43,44)/t18-,19-,20-,21-,22?,23+,24+,25+,27+,28+,29?,30+,31-,32-,33-,34-/m1/s1. The molecule has 12 nitrogen and oxygen atoms in total. The average Bonchev–Trinajstić information content (AvgIpc) is 3.46. The van der Waals surface area contributed by atoms with E-state index in [-0.39, 0.29) is 23.7 Å². The molecule has 2 saturated carbocycles. The molecule has 0 radical (unpaired) electrons. The minimum absolute atomic E-state index is 0.0998. The first-order valence-corrected chi connectivity index (χ1v) is 19.3. The first kappa shape index (κ1) is 39.5. The number of hydrogen-bond acceptors (Lipinski definition) is 11. The Balaban J connectivity index is 0.959. The minimum Gasteiger partial charge on any atom is -0.352 e. The van der Waals surface area contributed by atoms with Crippen molar-refractivity contribution in [3.05, 3.63) is 0 Å². The smallest absolute Gasteiger partial charge is 0.352 e. The summed E-state index contributed by atoms with van der Waals surface area (Å²) in [6, 6.07) is 0. The lowest BCUT2D eigenvalue weighted by Crippen LogP contribution is -2.76. The first-order valence-electron chi connectivity index (χ1n) is 19.3. The Kier molecular flexibility index (Phi) is 9.37. The van der Waals surface area contributed by atoms with Crippen molar-refractivity contribution in [1.82, 2.24) is 5.32 Å². The van der Waals surface area contributed by atoms with Crippen molar-refractivity contribution in [2.75, 3.05) is 19.8 Å². The number of nitrogens with one attached hydrogen (secondary N) is 1. The van der Waals surface area contributed by atoms with Crippen molar-refractivity contribution in [2.45, 2.75) is 152 Å². The predicted molar refractivity (Wildman–Crippen MR) is 169 cm³/mol. The van der Waals surface area contributed by atoms with Gasteiger partial charge in [0.15, 0.2) is 23.8 Å². The van der Waals surface area contributed by atoms with E-state index in [0.29, 0.717) is 51.4 Å². The number of hydrogen-bond donors (Lipinski definition) is 1. The van der Waals surface area contributed by atoms with Crippen LogP contribution in [0.25, 0.3) is 0 Å². The number of amides is 1. The summed E-state index contributed by atoms with van der Waals surface area (Å²) in [5.74, 6) is -14.4. The summed E-state index contributed by atoms with van der Waals surface area (Å²) in [7, 11) is 0. The fraction of sp³-hybridized carbons (Fsp3) is 0.972. The van der Waals surface area contributed by atoms with E-state index in [0.717, 1.165) is 0 Å². The SMILES string of the molecule is C[C@@H]1CC[C@H]2[C@@H](C)[C@](OCCNC(=O)CO[C@@]3(C(F)(F)F)O[C@@H]4O[C@]5(C)CC[C@H]6[C@H](C)CC[C@@H]([C@H]3C)[C@@]46OO5)(C(F)(F)F)O[C@@H]3OC4(C)CCC1[C@]32OO4. The van der Waals surface area contributed by atoms with Crippen LogP contribution in [0.4, 0.5) is 26.3 Å². The number of alkyl halides is 6. The van der Waals surface area contributed by atoms with Crippen LogP contribution in [-0.4, -0.2) is 84.9 Å². The predicted octanol–water partition coefficient (Wildman–Crippen LogP) is 6.42. The molecule has 54 heavy (non-hydrogen) atoms. The van der Waals surface area contributed by atoms with Gasteiger partial charge in [0.05, 0.1) is 6.61 Å². The van der Waals surface area contributed by atoms with Gasteiger partial charge in [0.25, 0.3) is 11.6 Å². The van der Waals surface area contributed by atoms with Crippen LogP contribution in [0.2, 0.25) is 0 Å². The maximum Gasteiger partial charge on any atom is 0.443 e. The molecule has 8 heterocycles. The lowest BCUT2D eigenvalue weighted by Gasteiger charge is -2.62. The van der Waals surface area contributed by atoms with Crippen LogP contribution in [0.5, 0.6) is 0 Å². The number of rotatable bonds is 7. The molecule has 0 aromatic rings. The fourth-order valence-corrected chi connectivity index (χ4v) is 11.6. The largest absolute Gasteiger partial charge is 0.443 e. The minimum atomic E-state index is -5.11. The average molecular weight is 788 g/mol. The Bertz CT molecular complexity index is 1470. The molecule has 8 saturated heterocycles. The Labute approximate surface area is 309 Å². The van der Waals surface area contributed by atoms with Crippen LogP contribution < -0.4 is 5.32 Å². The highest BCUT2D eigenvalue weighted by Crippen LogP contribution is 2.66. The fourth-order valence-electron chi connectivity index (χ4n) is 11.6. The normalized spacial score (nSPS) is 52.5. The Morgan fingerprint density at radius 1 is 0.630 bits per heavy atom. The van der Waals surface area contributed by atoms with Crippen LogP contribution in [0.3, 0.4) is 0 Å². The zero-order valence-corrected chi connectivity index (χ0v) is 31.3. The lowest BCUT2D eigenvalue weighted by atomic mass is 9.57. The molecule has 308 valence electrons. The van der Waals surface area contributed by atoms with Crippen LogP contribution in [-0.2, 0) is 52.8 Å². The molecule has 16 atom stereocenters. The van der Waals surface area contributed by atoms with E-state index < -0.39 is 109 Å². The van der Waals surface area contributed by atoms with E-state index in [9.17, 15) is 4.79 Å². The van der Waals surface area contributed by atoms with Gasteiger partial charge in [0.1, 0.15) is 6.61 Å². The molecule has 1 N–H and O–H groups in total. The molecule has 2 unspecified atom stereocenters. The molecule has 0 aromatic heterocycles.